The average Bonchev–Trinajstić information content (AvgIpc) is 2.00. The van der Waals surface area contributed by atoms with Gasteiger partial charge in [0.2, 0.25) is 0 Å². The molecule has 0 aliphatic heterocycles. The van der Waals surface area contributed by atoms with Gasteiger partial charge >= 0.3 is 0 Å². The van der Waals surface area contributed by atoms with E-state index in [-0.39, 0.29) is 0 Å². The monoisotopic (exact) mass is 229 g/mol. The number of rotatable bonds is 4. The van der Waals surface area contributed by atoms with Crippen molar-refractivity contribution >= 4 is 28.4 Å². The molecule has 0 aliphatic carbocycles. The van der Waals surface area contributed by atoms with Gasteiger partial charge in [-0.25, -0.2) is 0 Å². The molecule has 0 spiro atoms. The number of carbonyl (C=O) groups is 1. The maximum atomic E-state index is 10.5. The molecular formula is C9H12BrNO. The number of hydrogen-bond donors (Lipinski definition) is 0. The Morgan fingerprint density at radius 1 is 1.50 bits per heavy atom. The molecule has 2 nitrogen and oxygen atoms in total. The summed E-state index contributed by atoms with van der Waals surface area (Å²) >= 11 is 3.12. The summed E-state index contributed by atoms with van der Waals surface area (Å²) in [6.45, 7) is 10.8. The summed E-state index contributed by atoms with van der Waals surface area (Å²) in [6, 6.07) is 0. The van der Waals surface area contributed by atoms with E-state index in [1.165, 1.54) is 6.21 Å². The second kappa shape index (κ2) is 4.36. The molecule has 0 bridgehead atoms. The molecule has 0 N–H and O–H groups in total. The number of carbonyl (C=O) groups excluding carboxylic acids is 1. The molecule has 0 saturated heterocycles. The first-order valence-corrected chi connectivity index (χ1v) is 4.23. The van der Waals surface area contributed by atoms with Gasteiger partial charge in [-0.15, -0.1) is 0 Å². The Morgan fingerprint density at radius 3 is 2.33 bits per heavy atom. The molecule has 0 aromatic carbocycles. The highest BCUT2D eigenvalue weighted by atomic mass is 79.9. The lowest BCUT2D eigenvalue weighted by Gasteiger charge is -2.15. The summed E-state index contributed by atoms with van der Waals surface area (Å²) in [5, 5.41) is 0. The van der Waals surface area contributed by atoms with Crippen molar-refractivity contribution in [3.8, 4) is 0 Å². The fourth-order valence-electron chi connectivity index (χ4n) is 0.382. The van der Waals surface area contributed by atoms with Gasteiger partial charge in [-0.3, -0.25) is 4.99 Å². The van der Waals surface area contributed by atoms with Crippen LogP contribution in [0.15, 0.2) is 28.3 Å². The summed E-state index contributed by atoms with van der Waals surface area (Å²) in [6.07, 6.45) is 2.34. The highest BCUT2D eigenvalue weighted by Crippen LogP contribution is 2.22. The molecule has 0 aromatic rings. The predicted molar refractivity (Wildman–Crippen MR) is 55.5 cm³/mol. The molecule has 0 heterocycles. The fraction of sp³-hybridized carbons (Fsp3) is 0.333. The molecule has 66 valence electrons. The third-order valence-corrected chi connectivity index (χ3v) is 1.60. The zero-order chi connectivity index (χ0) is 9.78. The van der Waals surface area contributed by atoms with E-state index < -0.39 is 5.41 Å². The molecule has 0 unspecified atom stereocenters. The van der Waals surface area contributed by atoms with Crippen molar-refractivity contribution in [1.82, 2.24) is 0 Å². The van der Waals surface area contributed by atoms with Crippen molar-refractivity contribution in [3.05, 3.63) is 23.3 Å². The summed E-state index contributed by atoms with van der Waals surface area (Å²) < 4.78 is 0.658. The Morgan fingerprint density at radius 2 is 2.00 bits per heavy atom. The standard InChI is InChI=1S/C9H12BrNO/c1-7(10)5-11-8(2)9(3,4)6-12/h5-6H,1-2H2,3-4H3/b11-5-. The van der Waals surface area contributed by atoms with Crippen LogP contribution in [0.1, 0.15) is 13.8 Å². The molecule has 12 heavy (non-hydrogen) atoms. The molecule has 3 heteroatoms. The van der Waals surface area contributed by atoms with E-state index in [2.05, 4.69) is 34.1 Å². The smallest absolute Gasteiger partial charge is 0.131 e. The Labute approximate surface area is 81.2 Å². The van der Waals surface area contributed by atoms with Gasteiger partial charge in [0.1, 0.15) is 6.29 Å². The number of hydrogen-bond acceptors (Lipinski definition) is 2. The number of halogens is 1. The molecule has 0 atom stereocenters. The Balaban J connectivity index is 4.42. The maximum Gasteiger partial charge on any atom is 0.131 e. The van der Waals surface area contributed by atoms with Crippen LogP contribution in [0.4, 0.5) is 0 Å². The fourth-order valence-corrected chi connectivity index (χ4v) is 0.485. The zero-order valence-corrected chi connectivity index (χ0v) is 8.89. The van der Waals surface area contributed by atoms with Gasteiger partial charge in [0.15, 0.2) is 0 Å². The van der Waals surface area contributed by atoms with E-state index in [9.17, 15) is 4.79 Å². The van der Waals surface area contributed by atoms with Gasteiger partial charge in [0.25, 0.3) is 0 Å². The molecule has 0 saturated carbocycles. The summed E-state index contributed by atoms with van der Waals surface area (Å²) in [7, 11) is 0. The Bertz CT molecular complexity index is 241. The van der Waals surface area contributed by atoms with Crippen LogP contribution in [0.2, 0.25) is 0 Å². The second-order valence-corrected chi connectivity index (χ2v) is 4.01. The van der Waals surface area contributed by atoms with Crippen LogP contribution >= 0.6 is 15.9 Å². The van der Waals surface area contributed by atoms with E-state index in [1.807, 2.05) is 0 Å². The highest BCUT2D eigenvalue weighted by Gasteiger charge is 2.19. The molecule has 0 aromatic heterocycles. The predicted octanol–water partition coefficient (Wildman–Crippen LogP) is 2.70. The minimum absolute atomic E-state index is 0.526. The first-order chi connectivity index (χ1) is 5.40. The topological polar surface area (TPSA) is 29.4 Å². The molecule has 0 rings (SSSR count). The number of aldehydes is 1. The van der Waals surface area contributed by atoms with Crippen LogP contribution in [-0.4, -0.2) is 12.5 Å². The number of allylic oxidation sites excluding steroid dienone is 2. The Kier molecular flexibility index (Phi) is 4.10. The zero-order valence-electron chi connectivity index (χ0n) is 7.30. The van der Waals surface area contributed by atoms with Crippen molar-refractivity contribution < 1.29 is 4.79 Å². The van der Waals surface area contributed by atoms with Gasteiger partial charge in [0, 0.05) is 16.4 Å². The van der Waals surface area contributed by atoms with Gasteiger partial charge in [-0.05, 0) is 29.8 Å². The van der Waals surface area contributed by atoms with E-state index in [0.29, 0.717) is 10.2 Å². The largest absolute Gasteiger partial charge is 0.302 e. The van der Waals surface area contributed by atoms with Gasteiger partial charge in [0.05, 0.1) is 5.41 Å². The van der Waals surface area contributed by atoms with E-state index in [0.717, 1.165) is 6.29 Å². The van der Waals surface area contributed by atoms with Crippen LogP contribution in [0.5, 0.6) is 0 Å². The van der Waals surface area contributed by atoms with Crippen LogP contribution in [-0.2, 0) is 4.79 Å². The normalized spacial score (nSPS) is 11.6. The van der Waals surface area contributed by atoms with Crippen molar-refractivity contribution in [2.45, 2.75) is 13.8 Å². The number of nitrogens with zero attached hydrogens (tertiary/aromatic N) is 1. The second-order valence-electron chi connectivity index (χ2n) is 2.99. The van der Waals surface area contributed by atoms with Crippen LogP contribution in [0.25, 0.3) is 0 Å². The number of aliphatic imine (C=N–C) groups is 1. The Hall–Kier alpha value is -0.700. The molecule has 0 amide bonds. The van der Waals surface area contributed by atoms with E-state index >= 15 is 0 Å². The molecular weight excluding hydrogens is 218 g/mol. The van der Waals surface area contributed by atoms with Gasteiger partial charge < -0.3 is 4.79 Å². The lowest BCUT2D eigenvalue weighted by atomic mass is 9.92. The molecule has 0 aliphatic rings. The lowest BCUT2D eigenvalue weighted by Crippen LogP contribution is -2.14. The molecule has 0 radical (unpaired) electrons. The lowest BCUT2D eigenvalue weighted by molar-refractivity contribution is -0.113. The third kappa shape index (κ3) is 3.62. The third-order valence-electron chi connectivity index (χ3n) is 1.40. The average molecular weight is 230 g/mol. The van der Waals surface area contributed by atoms with Gasteiger partial charge in [-0.2, -0.15) is 0 Å². The van der Waals surface area contributed by atoms with Crippen LogP contribution in [0.3, 0.4) is 0 Å². The van der Waals surface area contributed by atoms with Crippen molar-refractivity contribution in [1.29, 1.82) is 0 Å². The minimum Gasteiger partial charge on any atom is -0.302 e. The van der Waals surface area contributed by atoms with Crippen molar-refractivity contribution in [3.63, 3.8) is 0 Å². The first-order valence-electron chi connectivity index (χ1n) is 3.44. The summed E-state index contributed by atoms with van der Waals surface area (Å²) in [5.74, 6) is 0. The summed E-state index contributed by atoms with van der Waals surface area (Å²) in [5.41, 5.74) is -0.0722. The highest BCUT2D eigenvalue weighted by molar-refractivity contribution is 9.12. The minimum atomic E-state index is -0.598. The maximum absolute atomic E-state index is 10.5. The quantitative estimate of drug-likeness (QED) is 0.539. The van der Waals surface area contributed by atoms with Crippen molar-refractivity contribution in [2.75, 3.05) is 0 Å². The van der Waals surface area contributed by atoms with E-state index in [4.69, 9.17) is 0 Å². The van der Waals surface area contributed by atoms with E-state index in [1.54, 1.807) is 13.8 Å². The SMILES string of the molecule is C=C(Br)/C=N\C(=C)C(C)(C)C=O. The van der Waals surface area contributed by atoms with Crippen molar-refractivity contribution in [2.24, 2.45) is 10.4 Å². The van der Waals surface area contributed by atoms with Crippen LogP contribution in [0, 0.1) is 5.41 Å². The van der Waals surface area contributed by atoms with Gasteiger partial charge in [-0.1, -0.05) is 13.2 Å². The van der Waals surface area contributed by atoms with Crippen LogP contribution < -0.4 is 0 Å². The first kappa shape index (κ1) is 11.3. The summed E-state index contributed by atoms with van der Waals surface area (Å²) in [4.78, 5) is 14.5. The molecule has 0 fully saturated rings.